The van der Waals surface area contributed by atoms with E-state index in [0.717, 1.165) is 23.0 Å². The first-order valence-electron chi connectivity index (χ1n) is 6.37. The van der Waals surface area contributed by atoms with E-state index in [1.807, 2.05) is 42.7 Å². The van der Waals surface area contributed by atoms with E-state index in [0.29, 0.717) is 12.3 Å². The Morgan fingerprint density at radius 1 is 1.20 bits per heavy atom. The molecule has 0 aliphatic heterocycles. The fourth-order valence-electron chi connectivity index (χ4n) is 1.99. The van der Waals surface area contributed by atoms with Crippen molar-refractivity contribution in [2.24, 2.45) is 0 Å². The van der Waals surface area contributed by atoms with Crippen molar-refractivity contribution in [3.63, 3.8) is 0 Å². The highest BCUT2D eigenvalue weighted by Crippen LogP contribution is 2.23. The zero-order chi connectivity index (χ0) is 13.8. The molecule has 3 rings (SSSR count). The topological polar surface area (TPSA) is 53.1 Å². The second kappa shape index (κ2) is 5.79. The standard InChI is InChI=1S/C15H15N3OS/c16-12-4-1-2-5-13(12)19-10-9-18-8-7-17-15(18)14-6-3-11-20-14/h1-8,11H,9-10,16H2. The molecule has 20 heavy (non-hydrogen) atoms. The van der Waals surface area contributed by atoms with Crippen molar-refractivity contribution in [1.82, 2.24) is 9.55 Å². The Balaban J connectivity index is 1.65. The molecule has 0 spiro atoms. The number of para-hydroxylation sites is 2. The fourth-order valence-corrected chi connectivity index (χ4v) is 2.72. The lowest BCUT2D eigenvalue weighted by Crippen LogP contribution is -2.09. The summed E-state index contributed by atoms with van der Waals surface area (Å²) in [6, 6.07) is 11.6. The van der Waals surface area contributed by atoms with Crippen LogP contribution in [0, 0.1) is 0 Å². The van der Waals surface area contributed by atoms with Crippen molar-refractivity contribution in [2.75, 3.05) is 12.3 Å². The van der Waals surface area contributed by atoms with Gasteiger partial charge in [0, 0.05) is 12.4 Å². The second-order valence-electron chi connectivity index (χ2n) is 4.31. The number of hydrogen-bond acceptors (Lipinski definition) is 4. The molecule has 0 saturated heterocycles. The van der Waals surface area contributed by atoms with Gasteiger partial charge in [-0.2, -0.15) is 0 Å². The lowest BCUT2D eigenvalue weighted by atomic mass is 10.3. The number of nitrogens with two attached hydrogens (primary N) is 1. The number of anilines is 1. The Morgan fingerprint density at radius 3 is 2.90 bits per heavy atom. The van der Waals surface area contributed by atoms with Gasteiger partial charge in [-0.3, -0.25) is 0 Å². The predicted molar refractivity (Wildman–Crippen MR) is 81.9 cm³/mol. The van der Waals surface area contributed by atoms with Gasteiger partial charge < -0.3 is 15.0 Å². The Hall–Kier alpha value is -2.27. The first-order chi connectivity index (χ1) is 9.84. The number of ether oxygens (including phenoxy) is 1. The summed E-state index contributed by atoms with van der Waals surface area (Å²) in [4.78, 5) is 5.56. The highest BCUT2D eigenvalue weighted by molar-refractivity contribution is 7.13. The van der Waals surface area contributed by atoms with Gasteiger partial charge >= 0.3 is 0 Å². The van der Waals surface area contributed by atoms with Crippen molar-refractivity contribution in [1.29, 1.82) is 0 Å². The molecule has 0 saturated carbocycles. The van der Waals surface area contributed by atoms with E-state index in [2.05, 4.69) is 21.0 Å². The number of benzene rings is 1. The molecule has 4 nitrogen and oxygen atoms in total. The van der Waals surface area contributed by atoms with Crippen molar-refractivity contribution in [3.8, 4) is 16.5 Å². The summed E-state index contributed by atoms with van der Waals surface area (Å²) in [5.41, 5.74) is 6.51. The van der Waals surface area contributed by atoms with E-state index in [1.54, 1.807) is 11.3 Å². The molecule has 102 valence electrons. The highest BCUT2D eigenvalue weighted by Gasteiger charge is 2.07. The van der Waals surface area contributed by atoms with E-state index in [1.165, 1.54) is 0 Å². The minimum absolute atomic E-state index is 0.558. The molecule has 0 aliphatic rings. The smallest absolute Gasteiger partial charge is 0.150 e. The van der Waals surface area contributed by atoms with E-state index >= 15 is 0 Å². The van der Waals surface area contributed by atoms with Crippen LogP contribution >= 0.6 is 11.3 Å². The van der Waals surface area contributed by atoms with Crippen LogP contribution in [0.1, 0.15) is 0 Å². The third-order valence-corrected chi connectivity index (χ3v) is 3.83. The van der Waals surface area contributed by atoms with Gasteiger partial charge in [-0.15, -0.1) is 11.3 Å². The second-order valence-corrected chi connectivity index (χ2v) is 5.26. The van der Waals surface area contributed by atoms with Crippen molar-refractivity contribution in [3.05, 3.63) is 54.2 Å². The average molecular weight is 285 g/mol. The summed E-state index contributed by atoms with van der Waals surface area (Å²) in [5.74, 6) is 1.70. The largest absolute Gasteiger partial charge is 0.490 e. The van der Waals surface area contributed by atoms with Crippen molar-refractivity contribution in [2.45, 2.75) is 6.54 Å². The van der Waals surface area contributed by atoms with E-state index in [-0.39, 0.29) is 0 Å². The van der Waals surface area contributed by atoms with Gasteiger partial charge in [0.15, 0.2) is 0 Å². The number of rotatable bonds is 5. The van der Waals surface area contributed by atoms with Gasteiger partial charge in [-0.05, 0) is 23.6 Å². The minimum Gasteiger partial charge on any atom is -0.490 e. The molecule has 0 atom stereocenters. The molecule has 2 aromatic heterocycles. The van der Waals surface area contributed by atoms with Crippen LogP contribution in [0.15, 0.2) is 54.2 Å². The van der Waals surface area contributed by atoms with E-state index in [9.17, 15) is 0 Å². The van der Waals surface area contributed by atoms with Gasteiger partial charge in [-0.1, -0.05) is 18.2 Å². The Morgan fingerprint density at radius 2 is 2.10 bits per heavy atom. The number of nitrogen functional groups attached to an aromatic ring is 1. The van der Waals surface area contributed by atoms with E-state index in [4.69, 9.17) is 10.5 Å². The summed E-state index contributed by atoms with van der Waals surface area (Å²) in [6.07, 6.45) is 3.78. The van der Waals surface area contributed by atoms with Crippen LogP contribution in [0.4, 0.5) is 5.69 Å². The molecule has 2 heterocycles. The molecule has 2 N–H and O–H groups in total. The molecule has 0 fully saturated rings. The van der Waals surface area contributed by atoms with Crippen LogP contribution in [0.2, 0.25) is 0 Å². The molecular weight excluding hydrogens is 270 g/mol. The molecule has 0 bridgehead atoms. The van der Waals surface area contributed by atoms with Gasteiger partial charge in [0.05, 0.1) is 17.1 Å². The van der Waals surface area contributed by atoms with E-state index < -0.39 is 0 Å². The fraction of sp³-hybridized carbons (Fsp3) is 0.133. The third-order valence-electron chi connectivity index (χ3n) is 2.97. The van der Waals surface area contributed by atoms with Crippen LogP contribution in [0.5, 0.6) is 5.75 Å². The molecular formula is C15H15N3OS. The number of imidazole rings is 1. The molecule has 0 aliphatic carbocycles. The number of thiophene rings is 1. The summed E-state index contributed by atoms with van der Waals surface area (Å²) in [6.45, 7) is 1.30. The lowest BCUT2D eigenvalue weighted by Gasteiger charge is -2.10. The SMILES string of the molecule is Nc1ccccc1OCCn1ccnc1-c1cccs1. The zero-order valence-corrected chi connectivity index (χ0v) is 11.7. The van der Waals surface area contributed by atoms with Gasteiger partial charge in [0.2, 0.25) is 0 Å². The molecule has 0 unspecified atom stereocenters. The number of nitrogens with zero attached hydrogens (tertiary/aromatic N) is 2. The van der Waals surface area contributed by atoms with Gasteiger partial charge in [-0.25, -0.2) is 4.98 Å². The van der Waals surface area contributed by atoms with Crippen molar-refractivity contribution >= 4 is 17.0 Å². The van der Waals surface area contributed by atoms with Crippen LogP contribution in [-0.2, 0) is 6.54 Å². The summed E-state index contributed by atoms with van der Waals surface area (Å²) < 4.78 is 7.80. The Kier molecular flexibility index (Phi) is 3.69. The van der Waals surface area contributed by atoms with Crippen LogP contribution in [0.25, 0.3) is 10.7 Å². The molecule has 5 heteroatoms. The normalized spacial score (nSPS) is 10.6. The predicted octanol–water partition coefficient (Wildman–Crippen LogP) is 3.27. The molecule has 3 aromatic rings. The lowest BCUT2D eigenvalue weighted by molar-refractivity contribution is 0.300. The Bertz CT molecular complexity index is 676. The molecule has 0 radical (unpaired) electrons. The summed E-state index contributed by atoms with van der Waals surface area (Å²) in [5, 5.41) is 2.05. The summed E-state index contributed by atoms with van der Waals surface area (Å²) >= 11 is 1.68. The number of aromatic nitrogens is 2. The Labute approximate surface area is 121 Å². The average Bonchev–Trinajstić information content (AvgIpc) is 3.11. The maximum Gasteiger partial charge on any atom is 0.150 e. The first kappa shape index (κ1) is 12.7. The zero-order valence-electron chi connectivity index (χ0n) is 10.9. The third kappa shape index (κ3) is 2.67. The maximum atomic E-state index is 5.84. The first-order valence-corrected chi connectivity index (χ1v) is 7.25. The highest BCUT2D eigenvalue weighted by atomic mass is 32.1. The maximum absolute atomic E-state index is 5.84. The van der Waals surface area contributed by atoms with Crippen LogP contribution in [-0.4, -0.2) is 16.2 Å². The molecule has 1 aromatic carbocycles. The van der Waals surface area contributed by atoms with Crippen LogP contribution in [0.3, 0.4) is 0 Å². The summed E-state index contributed by atoms with van der Waals surface area (Å²) in [7, 11) is 0. The quantitative estimate of drug-likeness (QED) is 0.732. The van der Waals surface area contributed by atoms with Gasteiger partial charge in [0.25, 0.3) is 0 Å². The monoisotopic (exact) mass is 285 g/mol. The minimum atomic E-state index is 0.558. The van der Waals surface area contributed by atoms with Gasteiger partial charge in [0.1, 0.15) is 18.2 Å². The van der Waals surface area contributed by atoms with Crippen molar-refractivity contribution < 1.29 is 4.74 Å². The van der Waals surface area contributed by atoms with Crippen LogP contribution < -0.4 is 10.5 Å². The number of hydrogen-bond donors (Lipinski definition) is 1. The molecule has 0 amide bonds.